The Kier molecular flexibility index (Phi) is 5.24. The van der Waals surface area contributed by atoms with Crippen LogP contribution in [0.25, 0.3) is 11.0 Å². The first kappa shape index (κ1) is 19.5. The molecule has 5 heteroatoms. The van der Waals surface area contributed by atoms with Crippen LogP contribution in [0.5, 0.6) is 0 Å². The fourth-order valence-electron chi connectivity index (χ4n) is 4.44. The maximum Gasteiger partial charge on any atom is 0.223 e. The molecule has 2 heterocycles. The molecule has 1 unspecified atom stereocenters. The van der Waals surface area contributed by atoms with Gasteiger partial charge in [0.2, 0.25) is 5.91 Å². The molecule has 5 rings (SSSR count). The number of carbonyl (C=O) groups is 1. The van der Waals surface area contributed by atoms with Gasteiger partial charge in [0.15, 0.2) is 0 Å². The normalized spacial score (nSPS) is 16.4. The zero-order chi connectivity index (χ0) is 21.2. The van der Waals surface area contributed by atoms with Gasteiger partial charge in [-0.15, -0.1) is 0 Å². The van der Waals surface area contributed by atoms with Gasteiger partial charge >= 0.3 is 0 Å². The number of nitrogens with zero attached hydrogens (tertiary/aromatic N) is 3. The lowest BCUT2D eigenvalue weighted by atomic mass is 10.1. The van der Waals surface area contributed by atoms with Crippen LogP contribution >= 0.6 is 0 Å². The minimum atomic E-state index is -0.224. The topological polar surface area (TPSA) is 38.1 Å². The van der Waals surface area contributed by atoms with Crippen molar-refractivity contribution in [3.8, 4) is 0 Å². The van der Waals surface area contributed by atoms with Gasteiger partial charge in [0.1, 0.15) is 11.6 Å². The molecule has 1 amide bonds. The molecule has 0 spiro atoms. The zero-order valence-electron chi connectivity index (χ0n) is 17.2. The molecule has 0 aliphatic carbocycles. The van der Waals surface area contributed by atoms with Gasteiger partial charge < -0.3 is 9.47 Å². The van der Waals surface area contributed by atoms with Gasteiger partial charge in [0.25, 0.3) is 0 Å². The highest BCUT2D eigenvalue weighted by Crippen LogP contribution is 2.31. The molecule has 0 N–H and O–H groups in total. The van der Waals surface area contributed by atoms with E-state index in [-0.39, 0.29) is 17.6 Å². The average Bonchev–Trinajstić information content (AvgIpc) is 3.35. The Hall–Kier alpha value is -3.47. The highest BCUT2D eigenvalue weighted by Gasteiger charge is 2.33. The number of aromatic nitrogens is 2. The van der Waals surface area contributed by atoms with E-state index >= 15 is 0 Å². The largest absolute Gasteiger partial charge is 0.342 e. The van der Waals surface area contributed by atoms with E-state index in [4.69, 9.17) is 4.98 Å². The molecule has 4 aromatic rings. The Bertz CT molecular complexity index is 1220. The van der Waals surface area contributed by atoms with Gasteiger partial charge in [-0.05, 0) is 30.2 Å². The van der Waals surface area contributed by atoms with Crippen molar-refractivity contribution in [3.63, 3.8) is 0 Å². The molecule has 0 bridgehead atoms. The predicted molar refractivity (Wildman–Crippen MR) is 119 cm³/mol. The van der Waals surface area contributed by atoms with Crippen LogP contribution in [0.3, 0.4) is 0 Å². The van der Waals surface area contributed by atoms with Crippen LogP contribution in [0.15, 0.2) is 78.9 Å². The summed E-state index contributed by atoms with van der Waals surface area (Å²) in [6.07, 6.45) is 1.28. The number of rotatable bonds is 6. The summed E-state index contributed by atoms with van der Waals surface area (Å²) in [7, 11) is 0. The standard InChI is InChI=1S/C26H24FN3O/c27-22-11-5-4-10-20(22)18-30-24-13-7-6-12-23(24)28-26(30)21-16-25(31)29(17-21)15-14-19-8-2-1-3-9-19/h1-13,21H,14-18H2. The summed E-state index contributed by atoms with van der Waals surface area (Å²) in [6, 6.07) is 25.0. The van der Waals surface area contributed by atoms with Crippen LogP contribution in [0.2, 0.25) is 0 Å². The smallest absolute Gasteiger partial charge is 0.223 e. The molecule has 0 saturated carbocycles. The van der Waals surface area contributed by atoms with Crippen LogP contribution in [0.1, 0.15) is 29.3 Å². The van der Waals surface area contributed by atoms with Crippen LogP contribution in [-0.2, 0) is 17.8 Å². The first-order valence-corrected chi connectivity index (χ1v) is 10.7. The van der Waals surface area contributed by atoms with Crippen molar-refractivity contribution in [2.24, 2.45) is 0 Å². The summed E-state index contributed by atoms with van der Waals surface area (Å²) in [6.45, 7) is 1.75. The Balaban J connectivity index is 1.42. The lowest BCUT2D eigenvalue weighted by Crippen LogP contribution is -2.27. The number of hydrogen-bond donors (Lipinski definition) is 0. The minimum Gasteiger partial charge on any atom is -0.342 e. The van der Waals surface area contributed by atoms with Crippen LogP contribution in [0.4, 0.5) is 4.39 Å². The van der Waals surface area contributed by atoms with Crippen molar-refractivity contribution in [3.05, 3.63) is 102 Å². The van der Waals surface area contributed by atoms with E-state index in [1.807, 2.05) is 53.4 Å². The third-order valence-corrected chi connectivity index (χ3v) is 6.06. The molecule has 31 heavy (non-hydrogen) atoms. The maximum atomic E-state index is 14.4. The number of benzene rings is 3. The molecule has 1 fully saturated rings. The van der Waals surface area contributed by atoms with Crippen molar-refractivity contribution in [2.45, 2.75) is 25.3 Å². The summed E-state index contributed by atoms with van der Waals surface area (Å²) in [4.78, 5) is 19.6. The monoisotopic (exact) mass is 413 g/mol. The number of hydrogen-bond acceptors (Lipinski definition) is 2. The summed E-state index contributed by atoms with van der Waals surface area (Å²) in [5.41, 5.74) is 3.70. The molecule has 0 radical (unpaired) electrons. The van der Waals surface area contributed by atoms with Gasteiger partial charge in [-0.1, -0.05) is 60.7 Å². The van der Waals surface area contributed by atoms with Gasteiger partial charge in [0, 0.05) is 31.0 Å². The van der Waals surface area contributed by atoms with Crippen LogP contribution < -0.4 is 0 Å². The average molecular weight is 413 g/mol. The van der Waals surface area contributed by atoms with E-state index in [0.717, 1.165) is 23.3 Å². The molecule has 156 valence electrons. The van der Waals surface area contributed by atoms with Crippen molar-refractivity contribution in [1.29, 1.82) is 0 Å². The second kappa shape index (κ2) is 8.34. The number of halogens is 1. The van der Waals surface area contributed by atoms with E-state index < -0.39 is 0 Å². The number of carbonyl (C=O) groups excluding carboxylic acids is 1. The summed E-state index contributed by atoms with van der Waals surface area (Å²) in [5, 5.41) is 0. The van der Waals surface area contributed by atoms with Crippen LogP contribution in [-0.4, -0.2) is 33.4 Å². The third kappa shape index (κ3) is 3.96. The predicted octanol–water partition coefficient (Wildman–Crippen LogP) is 4.78. The first-order valence-electron chi connectivity index (χ1n) is 10.7. The molecule has 1 aliphatic rings. The summed E-state index contributed by atoms with van der Waals surface area (Å²) >= 11 is 0. The lowest BCUT2D eigenvalue weighted by Gasteiger charge is -2.17. The summed E-state index contributed by atoms with van der Waals surface area (Å²) < 4.78 is 16.5. The van der Waals surface area contributed by atoms with Crippen molar-refractivity contribution >= 4 is 16.9 Å². The molecule has 1 aliphatic heterocycles. The van der Waals surface area contributed by atoms with E-state index in [0.29, 0.717) is 31.6 Å². The molecule has 1 saturated heterocycles. The molecule has 1 aromatic heterocycles. The number of fused-ring (bicyclic) bond motifs is 1. The van der Waals surface area contributed by atoms with Crippen LogP contribution in [0, 0.1) is 5.82 Å². The number of amides is 1. The quantitative estimate of drug-likeness (QED) is 0.456. The second-order valence-electron chi connectivity index (χ2n) is 8.11. The number of imidazole rings is 1. The molecular weight excluding hydrogens is 389 g/mol. The molecule has 4 nitrogen and oxygen atoms in total. The van der Waals surface area contributed by atoms with Crippen molar-refractivity contribution in [1.82, 2.24) is 14.5 Å². The van der Waals surface area contributed by atoms with E-state index in [2.05, 4.69) is 16.7 Å². The highest BCUT2D eigenvalue weighted by molar-refractivity contribution is 5.81. The fourth-order valence-corrected chi connectivity index (χ4v) is 4.44. The Morgan fingerprint density at radius 1 is 0.935 bits per heavy atom. The SMILES string of the molecule is O=C1CC(c2nc3ccccc3n2Cc2ccccc2F)CN1CCc1ccccc1. The molecular formula is C26H24FN3O. The zero-order valence-corrected chi connectivity index (χ0v) is 17.2. The Morgan fingerprint density at radius 3 is 2.52 bits per heavy atom. The number of likely N-dealkylation sites (tertiary alicyclic amines) is 1. The van der Waals surface area contributed by atoms with E-state index in [1.165, 1.54) is 11.6 Å². The third-order valence-electron chi connectivity index (χ3n) is 6.06. The van der Waals surface area contributed by atoms with E-state index in [9.17, 15) is 9.18 Å². The molecule has 3 aromatic carbocycles. The lowest BCUT2D eigenvalue weighted by molar-refractivity contribution is -0.127. The fraction of sp³-hybridized carbons (Fsp3) is 0.231. The van der Waals surface area contributed by atoms with Gasteiger partial charge in [-0.3, -0.25) is 4.79 Å². The van der Waals surface area contributed by atoms with E-state index in [1.54, 1.807) is 12.1 Å². The Labute approximate surface area is 181 Å². The van der Waals surface area contributed by atoms with Crippen molar-refractivity contribution < 1.29 is 9.18 Å². The van der Waals surface area contributed by atoms with Crippen molar-refractivity contribution in [2.75, 3.05) is 13.1 Å². The highest BCUT2D eigenvalue weighted by atomic mass is 19.1. The molecule has 1 atom stereocenters. The maximum absolute atomic E-state index is 14.4. The van der Waals surface area contributed by atoms with Gasteiger partial charge in [-0.25, -0.2) is 9.37 Å². The van der Waals surface area contributed by atoms with Gasteiger partial charge in [-0.2, -0.15) is 0 Å². The second-order valence-corrected chi connectivity index (χ2v) is 8.11. The van der Waals surface area contributed by atoms with Gasteiger partial charge in [0.05, 0.1) is 17.6 Å². The Morgan fingerprint density at radius 2 is 1.68 bits per heavy atom. The number of para-hydroxylation sites is 2. The summed E-state index contributed by atoms with van der Waals surface area (Å²) in [5.74, 6) is 0.797. The first-order chi connectivity index (χ1) is 15.2. The minimum absolute atomic E-state index is 0.00227.